The van der Waals surface area contributed by atoms with Gasteiger partial charge in [0.1, 0.15) is 12.4 Å². The number of amides is 3. The van der Waals surface area contributed by atoms with Gasteiger partial charge in [0.2, 0.25) is 17.7 Å². The van der Waals surface area contributed by atoms with Gasteiger partial charge in [0.15, 0.2) is 0 Å². The third kappa shape index (κ3) is 4.55. The molecule has 3 N–H and O–H groups in total. The second kappa shape index (κ2) is 10.1. The van der Waals surface area contributed by atoms with Gasteiger partial charge in [-0.15, -0.1) is 0 Å². The van der Waals surface area contributed by atoms with E-state index in [9.17, 15) is 14.4 Å². The van der Waals surface area contributed by atoms with Crippen LogP contribution in [-0.2, 0) is 50.5 Å². The first-order valence-corrected chi connectivity index (χ1v) is 13.6. The summed E-state index contributed by atoms with van der Waals surface area (Å²) < 4.78 is 5.34. The van der Waals surface area contributed by atoms with Gasteiger partial charge in [-0.25, -0.2) is 4.98 Å². The summed E-state index contributed by atoms with van der Waals surface area (Å²) in [6, 6.07) is 17.5. The van der Waals surface area contributed by atoms with E-state index in [-0.39, 0.29) is 24.3 Å². The maximum absolute atomic E-state index is 13.5. The van der Waals surface area contributed by atoms with E-state index in [1.54, 1.807) is 11.1 Å². The molecule has 9 heteroatoms. The van der Waals surface area contributed by atoms with E-state index < -0.39 is 10.8 Å². The Labute approximate surface area is 233 Å². The maximum atomic E-state index is 13.5. The molecule has 1 aliphatic carbocycles. The lowest BCUT2D eigenvalue weighted by molar-refractivity contribution is -0.170. The van der Waals surface area contributed by atoms with Crippen molar-refractivity contribution in [1.29, 1.82) is 0 Å². The van der Waals surface area contributed by atoms with E-state index in [0.29, 0.717) is 50.7 Å². The van der Waals surface area contributed by atoms with E-state index in [1.807, 2.05) is 68.6 Å². The van der Waals surface area contributed by atoms with E-state index in [2.05, 4.69) is 20.9 Å². The van der Waals surface area contributed by atoms with E-state index >= 15 is 0 Å². The van der Waals surface area contributed by atoms with Crippen LogP contribution >= 0.6 is 0 Å². The SMILES string of the molecule is CNCc1ccccc1CN(CC(=O)Nc1ccc2c(c1)CC1(C2)C(=O)Nc2ncccc21)C(=O)C1(C)COC1. The quantitative estimate of drug-likeness (QED) is 0.406. The molecule has 3 aliphatic rings. The number of aromatic nitrogens is 1. The van der Waals surface area contributed by atoms with Crippen molar-refractivity contribution in [3.63, 3.8) is 0 Å². The number of nitrogens with zero attached hydrogens (tertiary/aromatic N) is 2. The van der Waals surface area contributed by atoms with Crippen LogP contribution in [0, 0.1) is 5.41 Å². The number of hydrogen-bond acceptors (Lipinski definition) is 6. The molecule has 3 amide bonds. The number of nitrogens with one attached hydrogen (secondary N) is 3. The molecule has 1 aromatic heterocycles. The number of fused-ring (bicyclic) bond motifs is 3. The van der Waals surface area contributed by atoms with Gasteiger partial charge in [0.05, 0.1) is 24.0 Å². The van der Waals surface area contributed by atoms with Gasteiger partial charge < -0.3 is 25.6 Å². The number of benzene rings is 2. The van der Waals surface area contributed by atoms with Crippen LogP contribution in [0.3, 0.4) is 0 Å². The first-order valence-electron chi connectivity index (χ1n) is 13.6. The van der Waals surface area contributed by atoms with Crippen LogP contribution in [0.2, 0.25) is 0 Å². The molecule has 9 nitrogen and oxygen atoms in total. The highest BCUT2D eigenvalue weighted by atomic mass is 16.5. The zero-order valence-electron chi connectivity index (χ0n) is 22.8. The van der Waals surface area contributed by atoms with Crippen molar-refractivity contribution in [2.45, 2.75) is 38.3 Å². The summed E-state index contributed by atoms with van der Waals surface area (Å²) in [6.45, 7) is 3.49. The summed E-state index contributed by atoms with van der Waals surface area (Å²) in [7, 11) is 1.88. The Morgan fingerprint density at radius 3 is 2.58 bits per heavy atom. The van der Waals surface area contributed by atoms with Gasteiger partial charge >= 0.3 is 0 Å². The van der Waals surface area contributed by atoms with Crippen molar-refractivity contribution in [3.8, 4) is 0 Å². The average Bonchev–Trinajstić information content (AvgIpc) is 3.44. The highest BCUT2D eigenvalue weighted by Gasteiger charge is 2.51. The van der Waals surface area contributed by atoms with Gasteiger partial charge in [-0.05, 0) is 67.3 Å². The molecule has 0 bridgehead atoms. The van der Waals surface area contributed by atoms with Crippen molar-refractivity contribution in [1.82, 2.24) is 15.2 Å². The van der Waals surface area contributed by atoms with Gasteiger partial charge in [-0.1, -0.05) is 36.4 Å². The topological polar surface area (TPSA) is 113 Å². The first kappa shape index (κ1) is 26.2. The Balaban J connectivity index is 1.19. The predicted molar refractivity (Wildman–Crippen MR) is 151 cm³/mol. The van der Waals surface area contributed by atoms with Crippen LogP contribution < -0.4 is 16.0 Å². The van der Waals surface area contributed by atoms with E-state index in [1.165, 1.54) is 0 Å². The number of ether oxygens (including phenoxy) is 1. The fourth-order valence-corrected chi connectivity index (χ4v) is 6.11. The molecule has 3 aromatic rings. The van der Waals surface area contributed by atoms with Crippen molar-refractivity contribution in [2.75, 3.05) is 37.4 Å². The van der Waals surface area contributed by atoms with Crippen LogP contribution in [0.5, 0.6) is 0 Å². The number of anilines is 2. The van der Waals surface area contributed by atoms with Gasteiger partial charge in [-0.2, -0.15) is 0 Å². The predicted octanol–water partition coefficient (Wildman–Crippen LogP) is 2.79. The van der Waals surface area contributed by atoms with Crippen LogP contribution in [-0.4, -0.2) is 54.4 Å². The van der Waals surface area contributed by atoms with Crippen LogP contribution in [0.4, 0.5) is 11.5 Å². The number of pyridine rings is 1. The Kier molecular flexibility index (Phi) is 6.64. The van der Waals surface area contributed by atoms with E-state index in [4.69, 9.17) is 4.74 Å². The molecule has 40 heavy (non-hydrogen) atoms. The zero-order valence-corrected chi connectivity index (χ0v) is 22.8. The van der Waals surface area contributed by atoms with Crippen LogP contribution in [0.15, 0.2) is 60.8 Å². The number of carbonyl (C=O) groups is 3. The first-order chi connectivity index (χ1) is 19.3. The van der Waals surface area contributed by atoms with Crippen molar-refractivity contribution >= 4 is 29.2 Å². The molecule has 206 valence electrons. The summed E-state index contributed by atoms with van der Waals surface area (Å²) in [5.74, 6) is 0.220. The molecule has 2 aliphatic heterocycles. The molecule has 1 unspecified atom stereocenters. The molecular weight excluding hydrogens is 506 g/mol. The lowest BCUT2D eigenvalue weighted by Gasteiger charge is -2.40. The van der Waals surface area contributed by atoms with Crippen molar-refractivity contribution in [3.05, 3.63) is 88.6 Å². The standard InChI is InChI=1S/C31H33N5O4/c1-30(18-40-19-30)29(39)36(16-22-7-4-3-6-21(22)15-32-2)17-26(37)34-24-10-9-20-13-31(14-23(20)12-24)25-8-5-11-33-27(25)35-28(31)38/h3-12,32H,13-19H2,1-2H3,(H,34,37)(H,33,35,38). The van der Waals surface area contributed by atoms with E-state index in [0.717, 1.165) is 27.8 Å². The zero-order chi connectivity index (χ0) is 27.9. The minimum absolute atomic E-state index is 0.0378. The number of rotatable bonds is 8. The molecule has 3 heterocycles. The highest BCUT2D eigenvalue weighted by molar-refractivity contribution is 6.06. The summed E-state index contributed by atoms with van der Waals surface area (Å²) in [4.78, 5) is 45.8. The Morgan fingerprint density at radius 1 is 1.05 bits per heavy atom. The van der Waals surface area contributed by atoms with Crippen molar-refractivity contribution in [2.24, 2.45) is 5.41 Å². The largest absolute Gasteiger partial charge is 0.379 e. The third-order valence-electron chi connectivity index (χ3n) is 8.29. The monoisotopic (exact) mass is 539 g/mol. The molecular formula is C31H33N5O4. The minimum Gasteiger partial charge on any atom is -0.379 e. The van der Waals surface area contributed by atoms with Crippen LogP contribution in [0.1, 0.15) is 34.7 Å². The third-order valence-corrected chi connectivity index (χ3v) is 8.29. The molecule has 0 saturated carbocycles. The Morgan fingerprint density at radius 2 is 1.82 bits per heavy atom. The summed E-state index contributed by atoms with van der Waals surface area (Å²) in [5.41, 5.74) is 4.45. The molecule has 1 saturated heterocycles. The summed E-state index contributed by atoms with van der Waals surface area (Å²) >= 11 is 0. The van der Waals surface area contributed by atoms with Crippen molar-refractivity contribution < 1.29 is 19.1 Å². The average molecular weight is 540 g/mol. The molecule has 2 aromatic carbocycles. The highest BCUT2D eigenvalue weighted by Crippen LogP contribution is 2.47. The van der Waals surface area contributed by atoms with Gasteiger partial charge in [0.25, 0.3) is 0 Å². The Hall–Kier alpha value is -4.08. The smallest absolute Gasteiger partial charge is 0.244 e. The maximum Gasteiger partial charge on any atom is 0.244 e. The number of carbonyl (C=O) groups excluding carboxylic acids is 3. The molecule has 6 rings (SSSR count). The fourth-order valence-electron chi connectivity index (χ4n) is 6.11. The summed E-state index contributed by atoms with van der Waals surface area (Å²) in [5, 5.41) is 9.09. The minimum atomic E-state index is -0.668. The second-order valence-electron chi connectivity index (χ2n) is 11.3. The fraction of sp³-hybridized carbons (Fsp3) is 0.355. The van der Waals surface area contributed by atoms with Gasteiger partial charge in [0, 0.05) is 30.5 Å². The normalized spacial score (nSPS) is 19.9. The summed E-state index contributed by atoms with van der Waals surface area (Å²) in [6.07, 6.45) is 2.82. The molecule has 1 spiro atoms. The number of hydrogen-bond donors (Lipinski definition) is 3. The lowest BCUT2D eigenvalue weighted by Crippen LogP contribution is -2.54. The Bertz CT molecular complexity index is 1500. The second-order valence-corrected chi connectivity index (χ2v) is 11.3. The van der Waals surface area contributed by atoms with Crippen LogP contribution in [0.25, 0.3) is 0 Å². The molecule has 1 atom stereocenters. The lowest BCUT2D eigenvalue weighted by atomic mass is 9.79. The van der Waals surface area contributed by atoms with Gasteiger partial charge in [-0.3, -0.25) is 14.4 Å². The molecule has 0 radical (unpaired) electrons. The molecule has 1 fully saturated rings.